The van der Waals surface area contributed by atoms with Crippen molar-refractivity contribution in [1.82, 2.24) is 5.32 Å². The van der Waals surface area contributed by atoms with Gasteiger partial charge in [-0.3, -0.25) is 4.79 Å². The van der Waals surface area contributed by atoms with Crippen LogP contribution < -0.4 is 5.32 Å². The number of esters is 2. The molecule has 0 bridgehead atoms. The van der Waals surface area contributed by atoms with Gasteiger partial charge < -0.3 is 10.1 Å². The monoisotopic (exact) mass is 171 g/mol. The van der Waals surface area contributed by atoms with E-state index in [-0.39, 0.29) is 12.5 Å². The van der Waals surface area contributed by atoms with Gasteiger partial charge >= 0.3 is 11.9 Å². The predicted molar refractivity (Wildman–Crippen MR) is 42.4 cm³/mol. The summed E-state index contributed by atoms with van der Waals surface area (Å²) >= 11 is 0. The molecule has 0 spiro atoms. The SMILES string of the molecule is CCC(=O)OC(=O)[C@@H]1CCCN1. The zero-order valence-electron chi connectivity index (χ0n) is 7.13. The Morgan fingerprint density at radius 3 is 2.83 bits per heavy atom. The minimum Gasteiger partial charge on any atom is -0.392 e. The zero-order chi connectivity index (χ0) is 8.97. The Balaban J connectivity index is 2.32. The molecule has 4 nitrogen and oxygen atoms in total. The van der Waals surface area contributed by atoms with Crippen LogP contribution in [-0.4, -0.2) is 24.5 Å². The lowest BCUT2D eigenvalue weighted by molar-refractivity contribution is -0.160. The van der Waals surface area contributed by atoms with Gasteiger partial charge in [-0.15, -0.1) is 0 Å². The Morgan fingerprint density at radius 2 is 2.33 bits per heavy atom. The van der Waals surface area contributed by atoms with Gasteiger partial charge in [-0.1, -0.05) is 6.92 Å². The summed E-state index contributed by atoms with van der Waals surface area (Å²) in [4.78, 5) is 21.8. The minimum atomic E-state index is -0.450. The van der Waals surface area contributed by atoms with Crippen LogP contribution in [0.3, 0.4) is 0 Å². The third-order valence-corrected chi connectivity index (χ3v) is 1.85. The van der Waals surface area contributed by atoms with Crippen LogP contribution in [0.1, 0.15) is 26.2 Å². The third-order valence-electron chi connectivity index (χ3n) is 1.85. The van der Waals surface area contributed by atoms with E-state index in [1.807, 2.05) is 0 Å². The van der Waals surface area contributed by atoms with E-state index in [1.165, 1.54) is 0 Å². The normalized spacial score (nSPS) is 22.2. The molecule has 0 saturated carbocycles. The van der Waals surface area contributed by atoms with Crippen LogP contribution in [0, 0.1) is 0 Å². The number of nitrogens with one attached hydrogen (secondary N) is 1. The maximum absolute atomic E-state index is 11.1. The highest BCUT2D eigenvalue weighted by atomic mass is 16.6. The number of rotatable bonds is 2. The molecular formula is C8H13NO3. The van der Waals surface area contributed by atoms with Crippen molar-refractivity contribution >= 4 is 11.9 Å². The first-order valence-electron chi connectivity index (χ1n) is 4.22. The zero-order valence-corrected chi connectivity index (χ0v) is 7.13. The molecule has 68 valence electrons. The van der Waals surface area contributed by atoms with E-state index in [9.17, 15) is 9.59 Å². The molecule has 1 rings (SSSR count). The van der Waals surface area contributed by atoms with E-state index in [0.717, 1.165) is 19.4 Å². The second-order valence-electron chi connectivity index (χ2n) is 2.80. The quantitative estimate of drug-likeness (QED) is 0.477. The van der Waals surface area contributed by atoms with E-state index in [0.29, 0.717) is 0 Å². The van der Waals surface area contributed by atoms with Crippen LogP contribution >= 0.6 is 0 Å². The van der Waals surface area contributed by atoms with Crippen LogP contribution in [0.5, 0.6) is 0 Å². The molecule has 12 heavy (non-hydrogen) atoms. The summed E-state index contributed by atoms with van der Waals surface area (Å²) in [5.41, 5.74) is 0. The summed E-state index contributed by atoms with van der Waals surface area (Å²) in [5.74, 6) is -0.881. The van der Waals surface area contributed by atoms with E-state index in [2.05, 4.69) is 10.1 Å². The van der Waals surface area contributed by atoms with Gasteiger partial charge in [0.2, 0.25) is 0 Å². The van der Waals surface area contributed by atoms with Crippen molar-refractivity contribution in [2.45, 2.75) is 32.2 Å². The number of carbonyl (C=O) groups excluding carboxylic acids is 2. The fourth-order valence-electron chi connectivity index (χ4n) is 1.14. The number of ether oxygens (including phenoxy) is 1. The average molecular weight is 171 g/mol. The first-order valence-corrected chi connectivity index (χ1v) is 4.22. The van der Waals surface area contributed by atoms with E-state index in [4.69, 9.17) is 0 Å². The highest BCUT2D eigenvalue weighted by Gasteiger charge is 2.24. The second-order valence-corrected chi connectivity index (χ2v) is 2.80. The lowest BCUT2D eigenvalue weighted by Gasteiger charge is -2.07. The molecule has 0 aliphatic carbocycles. The van der Waals surface area contributed by atoms with Gasteiger partial charge in [0.1, 0.15) is 6.04 Å². The molecule has 1 fully saturated rings. The van der Waals surface area contributed by atoms with Gasteiger partial charge in [-0.05, 0) is 19.4 Å². The van der Waals surface area contributed by atoms with Gasteiger partial charge in [-0.2, -0.15) is 0 Å². The minimum absolute atomic E-state index is 0.248. The molecule has 1 N–H and O–H groups in total. The summed E-state index contributed by atoms with van der Waals surface area (Å²) in [6.07, 6.45) is 1.99. The summed E-state index contributed by atoms with van der Waals surface area (Å²) in [5, 5.41) is 2.96. The Bertz CT molecular complexity index is 185. The smallest absolute Gasteiger partial charge is 0.330 e. The number of hydrogen-bond donors (Lipinski definition) is 1. The van der Waals surface area contributed by atoms with E-state index < -0.39 is 11.9 Å². The molecule has 1 heterocycles. The molecule has 0 unspecified atom stereocenters. The third kappa shape index (κ3) is 2.30. The maximum Gasteiger partial charge on any atom is 0.330 e. The average Bonchev–Trinajstić information content (AvgIpc) is 2.56. The van der Waals surface area contributed by atoms with Gasteiger partial charge in [0.25, 0.3) is 0 Å². The van der Waals surface area contributed by atoms with Crippen LogP contribution in [-0.2, 0) is 14.3 Å². The molecule has 1 aliphatic rings. The van der Waals surface area contributed by atoms with Crippen LogP contribution in [0.15, 0.2) is 0 Å². The van der Waals surface area contributed by atoms with Gasteiger partial charge in [0, 0.05) is 6.42 Å². The fraction of sp³-hybridized carbons (Fsp3) is 0.750. The summed E-state index contributed by atoms with van der Waals surface area (Å²) in [6.45, 7) is 2.50. The molecule has 1 saturated heterocycles. The molecule has 4 heteroatoms. The van der Waals surface area contributed by atoms with Gasteiger partial charge in [-0.25, -0.2) is 4.79 Å². The predicted octanol–water partition coefficient (Wildman–Crippen LogP) is 0.218. The molecule has 0 aromatic heterocycles. The summed E-state index contributed by atoms with van der Waals surface area (Å²) in [7, 11) is 0. The summed E-state index contributed by atoms with van der Waals surface area (Å²) < 4.78 is 4.54. The second kappa shape index (κ2) is 4.21. The van der Waals surface area contributed by atoms with Gasteiger partial charge in [0.15, 0.2) is 0 Å². The Hall–Kier alpha value is -0.900. The van der Waals surface area contributed by atoms with Crippen LogP contribution in [0.25, 0.3) is 0 Å². The fourth-order valence-corrected chi connectivity index (χ4v) is 1.14. The molecular weight excluding hydrogens is 158 g/mol. The first kappa shape index (κ1) is 9.19. The van der Waals surface area contributed by atoms with Crippen molar-refractivity contribution in [3.8, 4) is 0 Å². The number of hydrogen-bond acceptors (Lipinski definition) is 4. The largest absolute Gasteiger partial charge is 0.392 e. The highest BCUT2D eigenvalue weighted by Crippen LogP contribution is 2.06. The standard InChI is InChI=1S/C8H13NO3/c1-2-7(10)12-8(11)6-4-3-5-9-6/h6,9H,2-5H2,1H3/t6-/m0/s1. The Labute approximate surface area is 71.3 Å². The molecule has 0 aromatic carbocycles. The lowest BCUT2D eigenvalue weighted by atomic mass is 10.2. The maximum atomic E-state index is 11.1. The Morgan fingerprint density at radius 1 is 1.58 bits per heavy atom. The molecule has 1 aliphatic heterocycles. The van der Waals surface area contributed by atoms with E-state index >= 15 is 0 Å². The van der Waals surface area contributed by atoms with Crippen molar-refractivity contribution in [3.05, 3.63) is 0 Å². The van der Waals surface area contributed by atoms with Gasteiger partial charge in [0.05, 0.1) is 0 Å². The van der Waals surface area contributed by atoms with E-state index in [1.54, 1.807) is 6.92 Å². The topological polar surface area (TPSA) is 55.4 Å². The molecule has 0 amide bonds. The van der Waals surface area contributed by atoms with Crippen molar-refractivity contribution in [2.24, 2.45) is 0 Å². The first-order chi connectivity index (χ1) is 5.74. The molecule has 0 radical (unpaired) electrons. The lowest BCUT2D eigenvalue weighted by Crippen LogP contribution is -2.33. The molecule has 1 atom stereocenters. The van der Waals surface area contributed by atoms with Crippen molar-refractivity contribution in [1.29, 1.82) is 0 Å². The summed E-state index contributed by atoms with van der Waals surface area (Å²) in [6, 6.07) is -0.263. The Kier molecular flexibility index (Phi) is 3.22. The number of carbonyl (C=O) groups is 2. The van der Waals surface area contributed by atoms with Crippen molar-refractivity contribution < 1.29 is 14.3 Å². The van der Waals surface area contributed by atoms with Crippen molar-refractivity contribution in [2.75, 3.05) is 6.54 Å². The van der Waals surface area contributed by atoms with Crippen LogP contribution in [0.4, 0.5) is 0 Å². The molecule has 0 aromatic rings. The van der Waals surface area contributed by atoms with Crippen molar-refractivity contribution in [3.63, 3.8) is 0 Å². The van der Waals surface area contributed by atoms with Crippen LogP contribution in [0.2, 0.25) is 0 Å². The highest BCUT2D eigenvalue weighted by molar-refractivity contribution is 5.88.